The van der Waals surface area contributed by atoms with Crippen LogP contribution in [0, 0.1) is 11.8 Å². The van der Waals surface area contributed by atoms with Gasteiger partial charge in [-0.3, -0.25) is 9.69 Å². The summed E-state index contributed by atoms with van der Waals surface area (Å²) in [6.07, 6.45) is 8.47. The van der Waals surface area contributed by atoms with Crippen molar-refractivity contribution in [1.29, 1.82) is 0 Å². The molecule has 2 atom stereocenters. The standard InChI is InChI=1S/C29H36N4O2S/c1-35-26-12-6-4-8-22(26)14-15-28(34)30-20-23-9-2-3-10-24(23)21-32-16-18-33(19-17-32)29-25-11-5-7-13-27(25)36-31-29/h4-8,11-15,23-24H,2-3,9-10,16-21H2,1H3,(H,30,34)/b15-14+/t23-,24-/m1/s1. The molecule has 2 aromatic carbocycles. The lowest BCUT2D eigenvalue weighted by molar-refractivity contribution is -0.116. The lowest BCUT2D eigenvalue weighted by Gasteiger charge is -2.40. The number of fused-ring (bicyclic) bond motifs is 1. The number of nitrogens with one attached hydrogen (secondary N) is 1. The van der Waals surface area contributed by atoms with Gasteiger partial charge in [-0.1, -0.05) is 43.2 Å². The van der Waals surface area contributed by atoms with E-state index in [4.69, 9.17) is 9.11 Å². The van der Waals surface area contributed by atoms with E-state index in [2.05, 4.69) is 39.4 Å². The summed E-state index contributed by atoms with van der Waals surface area (Å²) in [5.74, 6) is 3.08. The van der Waals surface area contributed by atoms with Crippen LogP contribution in [0.1, 0.15) is 31.2 Å². The minimum atomic E-state index is -0.0330. The van der Waals surface area contributed by atoms with Crippen LogP contribution in [-0.4, -0.2) is 61.6 Å². The van der Waals surface area contributed by atoms with Crippen LogP contribution in [0.3, 0.4) is 0 Å². The molecule has 1 aromatic heterocycles. The maximum atomic E-state index is 12.5. The van der Waals surface area contributed by atoms with Crippen LogP contribution in [0.25, 0.3) is 16.2 Å². The molecular weight excluding hydrogens is 468 g/mol. The second-order valence-corrected chi connectivity index (χ2v) is 10.7. The third-order valence-electron chi connectivity index (χ3n) is 7.68. The van der Waals surface area contributed by atoms with Crippen molar-refractivity contribution in [3.8, 4) is 5.75 Å². The van der Waals surface area contributed by atoms with E-state index in [1.165, 1.54) is 35.8 Å². The lowest BCUT2D eigenvalue weighted by Crippen LogP contribution is -2.49. The number of rotatable bonds is 8. The number of benzene rings is 2. The van der Waals surface area contributed by atoms with Gasteiger partial charge in [0.25, 0.3) is 0 Å². The molecule has 2 fully saturated rings. The van der Waals surface area contributed by atoms with Gasteiger partial charge in [0.2, 0.25) is 5.91 Å². The van der Waals surface area contributed by atoms with E-state index in [9.17, 15) is 4.79 Å². The van der Waals surface area contributed by atoms with Gasteiger partial charge < -0.3 is 15.0 Å². The van der Waals surface area contributed by atoms with Gasteiger partial charge in [-0.15, -0.1) is 0 Å². The summed E-state index contributed by atoms with van der Waals surface area (Å²) in [7, 11) is 1.65. The average molecular weight is 505 g/mol. The highest BCUT2D eigenvalue weighted by atomic mass is 32.1. The van der Waals surface area contributed by atoms with Crippen molar-refractivity contribution in [3.05, 3.63) is 60.2 Å². The molecule has 3 aromatic rings. The summed E-state index contributed by atoms with van der Waals surface area (Å²) in [4.78, 5) is 17.6. The number of hydrogen-bond donors (Lipinski definition) is 1. The number of carbonyl (C=O) groups excluding carboxylic acids is 1. The number of ether oxygens (including phenoxy) is 1. The van der Waals surface area contributed by atoms with Crippen molar-refractivity contribution in [3.63, 3.8) is 0 Å². The normalized spacial score (nSPS) is 21.2. The third kappa shape index (κ3) is 5.90. The van der Waals surface area contributed by atoms with Crippen molar-refractivity contribution in [1.82, 2.24) is 14.6 Å². The first-order valence-corrected chi connectivity index (χ1v) is 13.9. The fraction of sp³-hybridized carbons (Fsp3) is 0.448. The Labute approximate surface area is 218 Å². The van der Waals surface area contributed by atoms with E-state index in [1.807, 2.05) is 30.3 Å². The Hall–Kier alpha value is -2.90. The van der Waals surface area contributed by atoms with Gasteiger partial charge in [-0.2, -0.15) is 4.37 Å². The molecule has 1 aliphatic heterocycles. The summed E-state index contributed by atoms with van der Waals surface area (Å²) in [5.41, 5.74) is 0.912. The molecule has 1 amide bonds. The van der Waals surface area contributed by atoms with Crippen LogP contribution >= 0.6 is 11.5 Å². The Morgan fingerprint density at radius 1 is 1.06 bits per heavy atom. The van der Waals surface area contributed by atoms with Gasteiger partial charge in [-0.05, 0) is 60.5 Å². The van der Waals surface area contributed by atoms with Crippen LogP contribution < -0.4 is 15.0 Å². The van der Waals surface area contributed by atoms with Crippen LogP contribution in [-0.2, 0) is 4.79 Å². The highest BCUT2D eigenvalue weighted by Crippen LogP contribution is 2.32. The molecule has 36 heavy (non-hydrogen) atoms. The Morgan fingerprint density at radius 3 is 2.64 bits per heavy atom. The predicted molar refractivity (Wildman–Crippen MR) is 149 cm³/mol. The number of carbonyl (C=O) groups is 1. The van der Waals surface area contributed by atoms with Crippen molar-refractivity contribution >= 4 is 39.4 Å². The Balaban J connectivity index is 1.11. The van der Waals surface area contributed by atoms with E-state index in [1.54, 1.807) is 24.7 Å². The minimum absolute atomic E-state index is 0.0330. The molecule has 1 saturated heterocycles. The number of anilines is 1. The number of aromatic nitrogens is 1. The second kappa shape index (κ2) is 11.9. The maximum Gasteiger partial charge on any atom is 0.244 e. The van der Waals surface area contributed by atoms with Crippen molar-refractivity contribution in [2.24, 2.45) is 11.8 Å². The fourth-order valence-electron chi connectivity index (χ4n) is 5.63. The first-order chi connectivity index (χ1) is 17.7. The van der Waals surface area contributed by atoms with Crippen LogP contribution in [0.2, 0.25) is 0 Å². The monoisotopic (exact) mass is 504 g/mol. The molecule has 2 heterocycles. The number of methoxy groups -OCH3 is 1. The first-order valence-electron chi connectivity index (χ1n) is 13.1. The van der Waals surface area contributed by atoms with Crippen LogP contribution in [0.4, 0.5) is 5.82 Å². The van der Waals surface area contributed by atoms with Crippen molar-refractivity contribution < 1.29 is 9.53 Å². The quantitative estimate of drug-likeness (QED) is 0.435. The zero-order chi connectivity index (χ0) is 24.7. The molecule has 1 N–H and O–H groups in total. The third-order valence-corrected chi connectivity index (χ3v) is 8.50. The van der Waals surface area contributed by atoms with Gasteiger partial charge in [0.1, 0.15) is 11.6 Å². The van der Waals surface area contributed by atoms with Gasteiger partial charge in [0.05, 0.1) is 11.8 Å². The molecule has 190 valence electrons. The lowest BCUT2D eigenvalue weighted by atomic mass is 9.78. The molecule has 1 saturated carbocycles. The fourth-order valence-corrected chi connectivity index (χ4v) is 6.42. The SMILES string of the molecule is COc1ccccc1/C=C/C(=O)NC[C@H]1CCCC[C@@H]1CN1CCN(c2nsc3ccccc23)CC1. The Kier molecular flexibility index (Phi) is 8.18. The van der Waals surface area contributed by atoms with E-state index in [-0.39, 0.29) is 5.91 Å². The maximum absolute atomic E-state index is 12.5. The van der Waals surface area contributed by atoms with Gasteiger partial charge in [-0.25, -0.2) is 0 Å². The number of piperazine rings is 1. The predicted octanol–water partition coefficient (Wildman–Crippen LogP) is 5.06. The number of para-hydroxylation sites is 1. The van der Waals surface area contributed by atoms with E-state index in [0.29, 0.717) is 11.8 Å². The van der Waals surface area contributed by atoms with Crippen LogP contribution in [0.15, 0.2) is 54.6 Å². The zero-order valence-electron chi connectivity index (χ0n) is 21.1. The summed E-state index contributed by atoms with van der Waals surface area (Å²) < 4.78 is 11.4. The minimum Gasteiger partial charge on any atom is -0.496 e. The van der Waals surface area contributed by atoms with Gasteiger partial charge in [0.15, 0.2) is 0 Å². The highest BCUT2D eigenvalue weighted by Gasteiger charge is 2.29. The average Bonchev–Trinajstić information content (AvgIpc) is 3.36. The van der Waals surface area contributed by atoms with E-state index in [0.717, 1.165) is 56.4 Å². The summed E-state index contributed by atoms with van der Waals surface area (Å²) >= 11 is 1.60. The molecule has 7 heteroatoms. The van der Waals surface area contributed by atoms with Crippen molar-refractivity contribution in [2.75, 3.05) is 51.3 Å². The molecule has 5 rings (SSSR count). The highest BCUT2D eigenvalue weighted by molar-refractivity contribution is 7.13. The summed E-state index contributed by atoms with van der Waals surface area (Å²) in [5, 5.41) is 4.45. The topological polar surface area (TPSA) is 57.7 Å². The second-order valence-electron chi connectivity index (χ2n) is 9.92. The van der Waals surface area contributed by atoms with Crippen LogP contribution in [0.5, 0.6) is 5.75 Å². The molecule has 2 aliphatic rings. The summed E-state index contributed by atoms with van der Waals surface area (Å²) in [6, 6.07) is 16.3. The number of hydrogen-bond acceptors (Lipinski definition) is 6. The van der Waals surface area contributed by atoms with Crippen molar-refractivity contribution in [2.45, 2.75) is 25.7 Å². The Morgan fingerprint density at radius 2 is 1.81 bits per heavy atom. The molecule has 6 nitrogen and oxygen atoms in total. The molecule has 0 radical (unpaired) electrons. The van der Waals surface area contributed by atoms with Gasteiger partial charge >= 0.3 is 0 Å². The van der Waals surface area contributed by atoms with E-state index >= 15 is 0 Å². The molecule has 0 spiro atoms. The first kappa shape index (κ1) is 24.8. The Bertz CT molecular complexity index is 1180. The largest absolute Gasteiger partial charge is 0.496 e. The smallest absolute Gasteiger partial charge is 0.244 e. The molecular formula is C29H36N4O2S. The van der Waals surface area contributed by atoms with Gasteiger partial charge in [0, 0.05) is 56.3 Å². The summed E-state index contributed by atoms with van der Waals surface area (Å²) in [6.45, 7) is 6.07. The van der Waals surface area contributed by atoms with E-state index < -0.39 is 0 Å². The number of nitrogens with zero attached hydrogens (tertiary/aromatic N) is 3. The zero-order valence-corrected chi connectivity index (χ0v) is 21.9. The molecule has 0 unspecified atom stereocenters. The molecule has 0 bridgehead atoms. The number of amides is 1. The molecule has 1 aliphatic carbocycles.